The fraction of sp³-hybridized carbons (Fsp3) is 0.722. The predicted octanol–water partition coefficient (Wildman–Crippen LogP) is 3.94. The van der Waals surface area contributed by atoms with Crippen molar-refractivity contribution in [3.8, 4) is 0 Å². The van der Waals surface area contributed by atoms with Crippen molar-refractivity contribution in [2.75, 3.05) is 0 Å². The standard InChI is InChI=1S/C18H32O3/c1-14(10-7-11-16(3)19)8-6-9-15(2)12-13-17(20)18(4,5)21/h9-10,17,20-21H,6-8,11-13H2,1-5H3/b14-10+,15-9+/t17-/m1/s1. The molecule has 0 saturated heterocycles. The summed E-state index contributed by atoms with van der Waals surface area (Å²) in [6.45, 7) is 9.04. The molecule has 21 heavy (non-hydrogen) atoms. The second kappa shape index (κ2) is 9.91. The van der Waals surface area contributed by atoms with Crippen molar-refractivity contribution < 1.29 is 15.0 Å². The molecule has 0 fully saturated rings. The van der Waals surface area contributed by atoms with E-state index in [9.17, 15) is 15.0 Å². The highest BCUT2D eigenvalue weighted by Gasteiger charge is 2.23. The van der Waals surface area contributed by atoms with Crippen LogP contribution in [0.3, 0.4) is 0 Å². The fourth-order valence-corrected chi connectivity index (χ4v) is 1.99. The third-order valence-electron chi connectivity index (χ3n) is 3.65. The van der Waals surface area contributed by atoms with Gasteiger partial charge in [0.2, 0.25) is 0 Å². The monoisotopic (exact) mass is 296 g/mol. The summed E-state index contributed by atoms with van der Waals surface area (Å²) in [6.07, 6.45) is 8.48. The van der Waals surface area contributed by atoms with E-state index in [-0.39, 0.29) is 5.78 Å². The normalized spacial score (nSPS) is 15.2. The lowest BCUT2D eigenvalue weighted by Crippen LogP contribution is -2.35. The SMILES string of the molecule is CC(=O)CC/C=C(\C)CC/C=C(\C)CC[C@@H](O)C(C)(C)O. The molecule has 0 aliphatic carbocycles. The van der Waals surface area contributed by atoms with Crippen molar-refractivity contribution in [3.05, 3.63) is 23.3 Å². The van der Waals surface area contributed by atoms with Gasteiger partial charge in [-0.1, -0.05) is 23.3 Å². The van der Waals surface area contributed by atoms with Crippen LogP contribution < -0.4 is 0 Å². The molecule has 0 aromatic rings. The van der Waals surface area contributed by atoms with Crippen LogP contribution in [0.2, 0.25) is 0 Å². The molecule has 0 amide bonds. The number of rotatable bonds is 10. The van der Waals surface area contributed by atoms with E-state index in [4.69, 9.17) is 0 Å². The first-order valence-corrected chi connectivity index (χ1v) is 7.84. The molecule has 3 heteroatoms. The van der Waals surface area contributed by atoms with Gasteiger partial charge in [-0.2, -0.15) is 0 Å². The van der Waals surface area contributed by atoms with Gasteiger partial charge in [0.15, 0.2) is 0 Å². The Balaban J connectivity index is 3.99. The van der Waals surface area contributed by atoms with E-state index in [1.54, 1.807) is 20.8 Å². The molecule has 0 spiro atoms. The largest absolute Gasteiger partial charge is 0.390 e. The summed E-state index contributed by atoms with van der Waals surface area (Å²) in [5, 5.41) is 19.4. The summed E-state index contributed by atoms with van der Waals surface area (Å²) in [4.78, 5) is 10.8. The first-order valence-electron chi connectivity index (χ1n) is 7.84. The van der Waals surface area contributed by atoms with Gasteiger partial charge < -0.3 is 15.0 Å². The summed E-state index contributed by atoms with van der Waals surface area (Å²) in [6, 6.07) is 0. The highest BCUT2D eigenvalue weighted by Crippen LogP contribution is 2.17. The quantitative estimate of drug-likeness (QED) is 0.600. The lowest BCUT2D eigenvalue weighted by molar-refractivity contribution is -0.116. The Morgan fingerprint density at radius 2 is 1.48 bits per heavy atom. The molecular weight excluding hydrogens is 264 g/mol. The molecule has 2 N–H and O–H groups in total. The van der Waals surface area contributed by atoms with Crippen molar-refractivity contribution in [1.29, 1.82) is 0 Å². The molecule has 3 nitrogen and oxygen atoms in total. The Labute approximate surface area is 129 Å². The van der Waals surface area contributed by atoms with Crippen molar-refractivity contribution >= 4 is 5.78 Å². The predicted molar refractivity (Wildman–Crippen MR) is 88.2 cm³/mol. The minimum atomic E-state index is -1.03. The minimum absolute atomic E-state index is 0.236. The zero-order chi connectivity index (χ0) is 16.5. The van der Waals surface area contributed by atoms with E-state index in [2.05, 4.69) is 26.0 Å². The average molecular weight is 296 g/mol. The van der Waals surface area contributed by atoms with Gasteiger partial charge in [0.1, 0.15) is 5.78 Å². The number of carbonyl (C=O) groups excluding carboxylic acids is 1. The van der Waals surface area contributed by atoms with Gasteiger partial charge in [-0.05, 0) is 66.7 Å². The fourth-order valence-electron chi connectivity index (χ4n) is 1.99. The molecule has 0 aromatic carbocycles. The first kappa shape index (κ1) is 20.1. The third-order valence-corrected chi connectivity index (χ3v) is 3.65. The van der Waals surface area contributed by atoms with Crippen molar-refractivity contribution in [2.24, 2.45) is 0 Å². The maximum atomic E-state index is 10.8. The van der Waals surface area contributed by atoms with Crippen LogP contribution in [-0.4, -0.2) is 27.7 Å². The van der Waals surface area contributed by atoms with E-state index in [0.29, 0.717) is 12.8 Å². The van der Waals surface area contributed by atoms with Crippen LogP contribution in [0.1, 0.15) is 73.1 Å². The summed E-state index contributed by atoms with van der Waals surface area (Å²) in [5.74, 6) is 0.236. The van der Waals surface area contributed by atoms with Gasteiger partial charge >= 0.3 is 0 Å². The Morgan fingerprint density at radius 3 is 1.95 bits per heavy atom. The lowest BCUT2D eigenvalue weighted by Gasteiger charge is -2.24. The number of carbonyl (C=O) groups is 1. The molecule has 0 unspecified atom stereocenters. The topological polar surface area (TPSA) is 57.5 Å². The van der Waals surface area contributed by atoms with Gasteiger partial charge in [0.05, 0.1) is 11.7 Å². The molecule has 0 aliphatic rings. The number of Topliss-reactive ketones (excluding diaryl/α,β-unsaturated/α-hetero) is 1. The zero-order valence-electron chi connectivity index (χ0n) is 14.3. The van der Waals surface area contributed by atoms with Crippen LogP contribution in [0.5, 0.6) is 0 Å². The molecule has 0 radical (unpaired) electrons. The molecule has 0 aliphatic heterocycles. The van der Waals surface area contributed by atoms with Gasteiger partial charge in [0, 0.05) is 6.42 Å². The number of hydrogen-bond donors (Lipinski definition) is 2. The highest BCUT2D eigenvalue weighted by molar-refractivity contribution is 5.75. The molecular formula is C18H32O3. The molecule has 0 saturated carbocycles. The Bertz CT molecular complexity index is 372. The number of aliphatic hydroxyl groups is 2. The van der Waals surface area contributed by atoms with E-state index < -0.39 is 11.7 Å². The number of hydrogen-bond acceptors (Lipinski definition) is 3. The van der Waals surface area contributed by atoms with Gasteiger partial charge in [-0.3, -0.25) is 0 Å². The van der Waals surface area contributed by atoms with Crippen LogP contribution in [-0.2, 0) is 4.79 Å². The van der Waals surface area contributed by atoms with Crippen LogP contribution in [0.15, 0.2) is 23.3 Å². The van der Waals surface area contributed by atoms with Crippen molar-refractivity contribution in [1.82, 2.24) is 0 Å². The second-order valence-corrected chi connectivity index (χ2v) is 6.59. The Morgan fingerprint density at radius 1 is 1.00 bits per heavy atom. The smallest absolute Gasteiger partial charge is 0.130 e. The van der Waals surface area contributed by atoms with Crippen LogP contribution >= 0.6 is 0 Å². The van der Waals surface area contributed by atoms with Crippen LogP contribution in [0.4, 0.5) is 0 Å². The Kier molecular flexibility index (Phi) is 9.47. The molecule has 0 aromatic heterocycles. The van der Waals surface area contributed by atoms with Gasteiger partial charge in [-0.25, -0.2) is 0 Å². The first-order chi connectivity index (χ1) is 9.62. The summed E-state index contributed by atoms with van der Waals surface area (Å²) >= 11 is 0. The lowest BCUT2D eigenvalue weighted by atomic mass is 9.95. The average Bonchev–Trinajstić information content (AvgIpc) is 2.34. The number of aliphatic hydroxyl groups excluding tert-OH is 1. The minimum Gasteiger partial charge on any atom is -0.390 e. The third kappa shape index (κ3) is 11.4. The molecule has 0 heterocycles. The van der Waals surface area contributed by atoms with E-state index in [1.807, 2.05) is 0 Å². The Hall–Kier alpha value is -0.930. The molecule has 1 atom stereocenters. The van der Waals surface area contributed by atoms with E-state index in [1.165, 1.54) is 11.1 Å². The summed E-state index contributed by atoms with van der Waals surface area (Å²) in [5.41, 5.74) is 1.53. The molecule has 0 rings (SSSR count). The van der Waals surface area contributed by atoms with Crippen LogP contribution in [0, 0.1) is 0 Å². The maximum absolute atomic E-state index is 10.8. The molecule has 0 bridgehead atoms. The summed E-state index contributed by atoms with van der Waals surface area (Å²) in [7, 11) is 0. The highest BCUT2D eigenvalue weighted by atomic mass is 16.3. The van der Waals surface area contributed by atoms with Gasteiger partial charge in [0.25, 0.3) is 0 Å². The number of allylic oxidation sites excluding steroid dienone is 4. The second-order valence-electron chi connectivity index (χ2n) is 6.59. The number of ketones is 1. The summed E-state index contributed by atoms with van der Waals surface area (Å²) < 4.78 is 0. The zero-order valence-corrected chi connectivity index (χ0v) is 14.3. The van der Waals surface area contributed by atoms with Crippen molar-refractivity contribution in [2.45, 2.75) is 84.8 Å². The van der Waals surface area contributed by atoms with Gasteiger partial charge in [-0.15, -0.1) is 0 Å². The molecule has 122 valence electrons. The van der Waals surface area contributed by atoms with E-state index >= 15 is 0 Å². The van der Waals surface area contributed by atoms with E-state index in [0.717, 1.165) is 25.7 Å². The van der Waals surface area contributed by atoms with Crippen LogP contribution in [0.25, 0.3) is 0 Å². The van der Waals surface area contributed by atoms with Crippen molar-refractivity contribution in [3.63, 3.8) is 0 Å². The maximum Gasteiger partial charge on any atom is 0.130 e.